The van der Waals surface area contributed by atoms with Crippen LogP contribution in [0.3, 0.4) is 0 Å². The van der Waals surface area contributed by atoms with Gasteiger partial charge >= 0.3 is 6.03 Å². The van der Waals surface area contributed by atoms with Gasteiger partial charge in [0, 0.05) is 11.1 Å². The van der Waals surface area contributed by atoms with E-state index in [0.717, 1.165) is 17.1 Å². The first-order valence-corrected chi connectivity index (χ1v) is 7.26. The van der Waals surface area contributed by atoms with Crippen LogP contribution in [-0.4, -0.2) is 33.7 Å². The molecule has 0 spiro atoms. The molecule has 1 saturated carbocycles. The van der Waals surface area contributed by atoms with Crippen molar-refractivity contribution in [1.82, 2.24) is 9.62 Å². The number of hydrogen-bond acceptors (Lipinski definition) is 3. The van der Waals surface area contributed by atoms with Gasteiger partial charge in [-0.15, -0.1) is 0 Å². The quantitative estimate of drug-likeness (QED) is 0.740. The smallest absolute Gasteiger partial charge is 0.333 e. The van der Waals surface area contributed by atoms with Crippen molar-refractivity contribution in [3.63, 3.8) is 0 Å². The van der Waals surface area contributed by atoms with Crippen LogP contribution < -0.4 is 11.1 Å². The van der Waals surface area contributed by atoms with E-state index in [1.54, 1.807) is 0 Å². The Balaban J connectivity index is 2.14. The number of alkyl halides is 1. The summed E-state index contributed by atoms with van der Waals surface area (Å²) in [5.41, 5.74) is 5.60. The average molecular weight is 289 g/mol. The van der Waals surface area contributed by atoms with Gasteiger partial charge in [0.25, 0.3) is 0 Å². The second kappa shape index (κ2) is 5.68. The van der Waals surface area contributed by atoms with Crippen LogP contribution in [0.2, 0.25) is 0 Å². The number of urea groups is 1. The molecule has 106 valence electrons. The molecule has 3 amide bonds. The maximum atomic E-state index is 12.2. The molecule has 2 aliphatic rings. The second-order valence-electron chi connectivity index (χ2n) is 4.70. The lowest BCUT2D eigenvalue weighted by atomic mass is 9.98. The highest BCUT2D eigenvalue weighted by Crippen LogP contribution is 2.37. The van der Waals surface area contributed by atoms with Gasteiger partial charge in [-0.1, -0.05) is 12.8 Å². The molecular formula is C11H16FN3O3S. The molecule has 1 aliphatic heterocycles. The van der Waals surface area contributed by atoms with Crippen LogP contribution in [0.4, 0.5) is 9.18 Å². The number of carbonyl (C=O) groups is 2. The molecule has 0 aromatic carbocycles. The van der Waals surface area contributed by atoms with Crippen LogP contribution in [0.1, 0.15) is 19.3 Å². The molecule has 0 aromatic rings. The minimum atomic E-state index is -1.76. The second-order valence-corrected chi connectivity index (χ2v) is 5.93. The molecule has 3 N–H and O–H groups in total. The third-order valence-electron chi connectivity index (χ3n) is 3.20. The normalized spacial score (nSPS) is 24.7. The topological polar surface area (TPSA) is 92.5 Å². The zero-order chi connectivity index (χ0) is 14.0. The highest BCUT2D eigenvalue weighted by molar-refractivity contribution is 7.86. The van der Waals surface area contributed by atoms with Gasteiger partial charge in [0.15, 0.2) is 11.0 Å². The molecule has 0 saturated heterocycles. The lowest BCUT2D eigenvalue weighted by Gasteiger charge is -2.27. The van der Waals surface area contributed by atoms with Crippen LogP contribution in [-0.2, 0) is 15.8 Å². The van der Waals surface area contributed by atoms with E-state index >= 15 is 0 Å². The first-order chi connectivity index (χ1) is 9.02. The lowest BCUT2D eigenvalue weighted by molar-refractivity contribution is -0.121. The van der Waals surface area contributed by atoms with Crippen molar-refractivity contribution in [2.45, 2.75) is 19.3 Å². The fourth-order valence-electron chi connectivity index (χ4n) is 1.99. The van der Waals surface area contributed by atoms with Crippen molar-refractivity contribution >= 4 is 22.9 Å². The summed E-state index contributed by atoms with van der Waals surface area (Å²) >= 11 is 0. The third kappa shape index (κ3) is 3.31. The summed E-state index contributed by atoms with van der Waals surface area (Å²) < 4.78 is 24.9. The van der Waals surface area contributed by atoms with Gasteiger partial charge < -0.3 is 11.1 Å². The molecule has 0 aromatic heterocycles. The summed E-state index contributed by atoms with van der Waals surface area (Å²) in [6.45, 7) is -1.02. The summed E-state index contributed by atoms with van der Waals surface area (Å²) in [7, 11) is -1.76. The van der Waals surface area contributed by atoms with Gasteiger partial charge in [0.1, 0.15) is 6.67 Å². The Hall–Kier alpha value is -1.44. The summed E-state index contributed by atoms with van der Waals surface area (Å²) in [6, 6.07) is -0.657. The van der Waals surface area contributed by atoms with Gasteiger partial charge in [-0.3, -0.25) is 4.79 Å². The van der Waals surface area contributed by atoms with E-state index in [9.17, 15) is 18.2 Å². The van der Waals surface area contributed by atoms with Crippen LogP contribution >= 0.6 is 0 Å². The highest BCUT2D eigenvalue weighted by Gasteiger charge is 2.35. The summed E-state index contributed by atoms with van der Waals surface area (Å²) in [5, 5.41) is 3.76. The Morgan fingerprint density at radius 2 is 2.32 bits per heavy atom. The largest absolute Gasteiger partial charge is 0.369 e. The lowest BCUT2D eigenvalue weighted by Crippen LogP contribution is -2.47. The molecule has 1 fully saturated rings. The van der Waals surface area contributed by atoms with Crippen LogP contribution in [0.15, 0.2) is 11.1 Å². The van der Waals surface area contributed by atoms with E-state index in [2.05, 4.69) is 5.32 Å². The van der Waals surface area contributed by atoms with Crippen LogP contribution in [0.5, 0.6) is 0 Å². The van der Waals surface area contributed by atoms with Gasteiger partial charge in [-0.05, 0) is 12.3 Å². The summed E-state index contributed by atoms with van der Waals surface area (Å²) in [5.74, 6) is -0.741. The number of hydrogen-bond donors (Lipinski definition) is 2. The summed E-state index contributed by atoms with van der Waals surface area (Å²) in [4.78, 5) is 23.1. The molecule has 1 heterocycles. The molecule has 2 atom stereocenters. The molecule has 6 nitrogen and oxygen atoms in total. The predicted octanol–water partition coefficient (Wildman–Crippen LogP) is 0.388. The van der Waals surface area contributed by atoms with E-state index in [4.69, 9.17) is 5.73 Å². The monoisotopic (exact) mass is 289 g/mol. The number of nitrogens with zero attached hydrogens (tertiary/aromatic N) is 1. The van der Waals surface area contributed by atoms with E-state index in [1.165, 1.54) is 5.41 Å². The Bertz CT molecular complexity index is 450. The minimum absolute atomic E-state index is 0.244. The van der Waals surface area contributed by atoms with E-state index in [1.807, 2.05) is 0 Å². The van der Waals surface area contributed by atoms with E-state index in [-0.39, 0.29) is 12.2 Å². The zero-order valence-corrected chi connectivity index (χ0v) is 11.1. The molecule has 2 unspecified atom stereocenters. The fraction of sp³-hybridized carbons (Fsp3) is 0.636. The Morgan fingerprint density at radius 3 is 2.79 bits per heavy atom. The van der Waals surface area contributed by atoms with Crippen molar-refractivity contribution in [2.24, 2.45) is 17.6 Å². The Kier molecular flexibility index (Phi) is 4.18. The maximum absolute atomic E-state index is 12.2. The number of rotatable bonds is 6. The van der Waals surface area contributed by atoms with Gasteiger partial charge in [-0.2, -0.15) is 0 Å². The molecule has 8 heteroatoms. The van der Waals surface area contributed by atoms with Gasteiger partial charge in [-0.25, -0.2) is 17.7 Å². The van der Waals surface area contributed by atoms with Crippen molar-refractivity contribution < 1.29 is 18.2 Å². The number of nitrogens with one attached hydrogen (secondary N) is 1. The first kappa shape index (κ1) is 14.0. The minimum Gasteiger partial charge on any atom is -0.369 e. The number of primary amides is 1. The number of amides is 3. The maximum Gasteiger partial charge on any atom is 0.333 e. The van der Waals surface area contributed by atoms with Crippen molar-refractivity contribution in [3.8, 4) is 0 Å². The predicted molar refractivity (Wildman–Crippen MR) is 67.5 cm³/mol. The molecule has 19 heavy (non-hydrogen) atoms. The number of halogens is 1. The molecule has 1 aliphatic carbocycles. The highest BCUT2D eigenvalue weighted by atomic mass is 32.2. The molecule has 0 bridgehead atoms. The molecular weight excluding hydrogens is 273 g/mol. The SMILES string of the molecule is NC(=O)C(CC1CC1)C1=CS(=O)N(CCF)C(=O)N1. The Labute approximate surface area is 112 Å². The zero-order valence-electron chi connectivity index (χ0n) is 10.3. The molecule has 0 radical (unpaired) electrons. The third-order valence-corrected chi connectivity index (χ3v) is 4.43. The van der Waals surface area contributed by atoms with Gasteiger partial charge in [0.05, 0.1) is 12.5 Å². The Morgan fingerprint density at radius 1 is 1.63 bits per heavy atom. The van der Waals surface area contributed by atoms with Crippen LogP contribution in [0.25, 0.3) is 0 Å². The molecule has 2 rings (SSSR count). The standard InChI is InChI=1S/C11H16FN3O3S/c12-3-4-15-11(17)14-9(6-19(15)18)8(10(13)16)5-7-1-2-7/h6-8H,1-5H2,(H2,13,16)(H,14,17). The number of carbonyl (C=O) groups excluding carboxylic acids is 2. The van der Waals surface area contributed by atoms with Crippen molar-refractivity contribution in [1.29, 1.82) is 0 Å². The van der Waals surface area contributed by atoms with Crippen molar-refractivity contribution in [2.75, 3.05) is 13.2 Å². The first-order valence-electron chi connectivity index (χ1n) is 6.09. The van der Waals surface area contributed by atoms with Crippen molar-refractivity contribution in [3.05, 3.63) is 11.1 Å². The average Bonchev–Trinajstić information content (AvgIpc) is 3.14. The van der Waals surface area contributed by atoms with E-state index < -0.39 is 35.5 Å². The van der Waals surface area contributed by atoms with Gasteiger partial charge in [0.2, 0.25) is 5.91 Å². The van der Waals surface area contributed by atoms with Crippen LogP contribution in [0, 0.1) is 11.8 Å². The number of nitrogens with two attached hydrogens (primary N) is 1. The van der Waals surface area contributed by atoms with E-state index in [0.29, 0.717) is 12.3 Å². The summed E-state index contributed by atoms with van der Waals surface area (Å²) in [6.07, 6.45) is 2.64. The fourth-order valence-corrected chi connectivity index (χ4v) is 3.02.